The summed E-state index contributed by atoms with van der Waals surface area (Å²) in [6.07, 6.45) is 2.02. The smallest absolute Gasteiger partial charge is 0.387 e. The van der Waals surface area contributed by atoms with Crippen LogP contribution >= 0.6 is 24.0 Å². The van der Waals surface area contributed by atoms with E-state index in [1.807, 2.05) is 0 Å². The highest BCUT2D eigenvalue weighted by Crippen LogP contribution is 2.26. The topological polar surface area (TPSA) is 58.1 Å². The van der Waals surface area contributed by atoms with Gasteiger partial charge in [-0.2, -0.15) is 8.78 Å². The third kappa shape index (κ3) is 8.29. The highest BCUT2D eigenvalue weighted by Gasteiger charge is 2.20. The van der Waals surface area contributed by atoms with E-state index in [0.29, 0.717) is 29.9 Å². The second-order valence-corrected chi connectivity index (χ2v) is 7.90. The number of nitrogens with zero attached hydrogens (tertiary/aromatic N) is 2. The molecule has 182 valence electrons. The molecule has 6 nitrogen and oxygen atoms in total. The van der Waals surface area contributed by atoms with E-state index in [9.17, 15) is 8.78 Å². The third-order valence-corrected chi connectivity index (χ3v) is 5.74. The maximum Gasteiger partial charge on any atom is 0.387 e. The first-order valence-electron chi connectivity index (χ1n) is 10.8. The summed E-state index contributed by atoms with van der Waals surface area (Å²) < 4.78 is 35.3. The Kier molecular flexibility index (Phi) is 11.1. The van der Waals surface area contributed by atoms with Crippen molar-refractivity contribution in [2.24, 2.45) is 4.99 Å². The normalized spacial score (nSPS) is 15.2. The van der Waals surface area contributed by atoms with E-state index in [2.05, 4.69) is 56.5 Å². The van der Waals surface area contributed by atoms with E-state index in [1.165, 1.54) is 24.3 Å². The van der Waals surface area contributed by atoms with Crippen LogP contribution in [0.3, 0.4) is 0 Å². The summed E-state index contributed by atoms with van der Waals surface area (Å²) in [4.78, 5) is 6.76. The van der Waals surface area contributed by atoms with Gasteiger partial charge in [0.1, 0.15) is 11.5 Å². The highest BCUT2D eigenvalue weighted by atomic mass is 127. The van der Waals surface area contributed by atoms with Crippen molar-refractivity contribution in [3.63, 3.8) is 0 Å². The van der Waals surface area contributed by atoms with Crippen molar-refractivity contribution in [2.75, 3.05) is 27.2 Å². The Morgan fingerprint density at radius 3 is 2.52 bits per heavy atom. The number of guanidine groups is 1. The van der Waals surface area contributed by atoms with E-state index >= 15 is 0 Å². The first kappa shape index (κ1) is 27.1. The molecule has 0 bridgehead atoms. The Morgan fingerprint density at radius 2 is 1.88 bits per heavy atom. The van der Waals surface area contributed by atoms with Gasteiger partial charge in [-0.05, 0) is 43.0 Å². The van der Waals surface area contributed by atoms with Crippen molar-refractivity contribution in [2.45, 2.75) is 45.5 Å². The van der Waals surface area contributed by atoms with Crippen LogP contribution in [0.5, 0.6) is 11.5 Å². The number of halogens is 3. The van der Waals surface area contributed by atoms with Crippen LogP contribution in [-0.2, 0) is 13.1 Å². The molecule has 0 aliphatic carbocycles. The van der Waals surface area contributed by atoms with Crippen molar-refractivity contribution in [1.29, 1.82) is 0 Å². The van der Waals surface area contributed by atoms with Crippen molar-refractivity contribution >= 4 is 29.9 Å². The van der Waals surface area contributed by atoms with Gasteiger partial charge in [-0.25, -0.2) is 0 Å². The van der Waals surface area contributed by atoms with Crippen LogP contribution in [0.4, 0.5) is 8.78 Å². The summed E-state index contributed by atoms with van der Waals surface area (Å²) in [7, 11) is 3.19. The van der Waals surface area contributed by atoms with Crippen molar-refractivity contribution < 1.29 is 18.3 Å². The number of rotatable bonds is 8. The average molecular weight is 574 g/mol. The van der Waals surface area contributed by atoms with Gasteiger partial charge in [0.2, 0.25) is 0 Å². The monoisotopic (exact) mass is 574 g/mol. The minimum absolute atomic E-state index is 0. The zero-order chi connectivity index (χ0) is 22.9. The molecular formula is C24H33F2IN4O2. The number of aryl methyl sites for hydroxylation is 1. The molecule has 1 fully saturated rings. The maximum absolute atomic E-state index is 12.8. The first-order chi connectivity index (χ1) is 15.5. The van der Waals surface area contributed by atoms with Gasteiger partial charge < -0.3 is 20.1 Å². The Balaban J connectivity index is 0.00000385. The SMILES string of the molecule is CN=C(NCc1ccc(OC)cc1OC(F)F)NC1CCN(Cc2ccccc2C)CC1.I. The quantitative estimate of drug-likeness (QED) is 0.275. The van der Waals surface area contributed by atoms with Crippen LogP contribution in [0.2, 0.25) is 0 Å². The molecular weight excluding hydrogens is 541 g/mol. The molecule has 33 heavy (non-hydrogen) atoms. The summed E-state index contributed by atoms with van der Waals surface area (Å²) >= 11 is 0. The molecule has 1 aliphatic rings. The summed E-state index contributed by atoms with van der Waals surface area (Å²) in [6, 6.07) is 13.7. The van der Waals surface area contributed by atoms with E-state index in [-0.39, 0.29) is 29.7 Å². The van der Waals surface area contributed by atoms with Gasteiger partial charge in [0, 0.05) is 50.9 Å². The molecule has 1 aliphatic heterocycles. The summed E-state index contributed by atoms with van der Waals surface area (Å²) in [5.41, 5.74) is 3.30. The minimum atomic E-state index is -2.90. The molecule has 9 heteroatoms. The molecule has 2 aromatic carbocycles. The number of ether oxygens (including phenoxy) is 2. The zero-order valence-electron chi connectivity index (χ0n) is 19.3. The van der Waals surface area contributed by atoms with E-state index in [1.54, 1.807) is 19.2 Å². The molecule has 0 radical (unpaired) electrons. The molecule has 0 unspecified atom stereocenters. The number of aliphatic imine (C=N–C) groups is 1. The molecule has 0 saturated carbocycles. The predicted molar refractivity (Wildman–Crippen MR) is 138 cm³/mol. The van der Waals surface area contributed by atoms with Crippen LogP contribution < -0.4 is 20.1 Å². The molecule has 3 rings (SSSR count). The maximum atomic E-state index is 12.8. The molecule has 0 atom stereocenters. The highest BCUT2D eigenvalue weighted by molar-refractivity contribution is 14.0. The van der Waals surface area contributed by atoms with Gasteiger partial charge >= 0.3 is 6.61 Å². The van der Waals surface area contributed by atoms with Crippen LogP contribution in [0.1, 0.15) is 29.5 Å². The van der Waals surface area contributed by atoms with Gasteiger partial charge in [0.25, 0.3) is 0 Å². The fourth-order valence-electron chi connectivity index (χ4n) is 3.84. The van der Waals surface area contributed by atoms with Crippen LogP contribution in [0, 0.1) is 6.92 Å². The van der Waals surface area contributed by atoms with Gasteiger partial charge in [0.15, 0.2) is 5.96 Å². The van der Waals surface area contributed by atoms with Gasteiger partial charge in [-0.15, -0.1) is 24.0 Å². The Labute approximate surface area is 211 Å². The van der Waals surface area contributed by atoms with Crippen LogP contribution in [-0.4, -0.2) is 50.8 Å². The number of hydrogen-bond acceptors (Lipinski definition) is 4. The van der Waals surface area contributed by atoms with Crippen LogP contribution in [0.15, 0.2) is 47.5 Å². The Hall–Kier alpha value is -2.14. The van der Waals surface area contributed by atoms with Crippen molar-refractivity contribution in [1.82, 2.24) is 15.5 Å². The number of piperidine rings is 1. The van der Waals surface area contributed by atoms with Crippen molar-refractivity contribution in [3.8, 4) is 11.5 Å². The van der Waals surface area contributed by atoms with Gasteiger partial charge in [0.05, 0.1) is 7.11 Å². The largest absolute Gasteiger partial charge is 0.497 e. The molecule has 2 aromatic rings. The summed E-state index contributed by atoms with van der Waals surface area (Å²) in [6.45, 7) is 2.54. The Bertz CT molecular complexity index is 906. The lowest BCUT2D eigenvalue weighted by atomic mass is 10.0. The molecule has 1 saturated heterocycles. The predicted octanol–water partition coefficient (Wildman–Crippen LogP) is 4.55. The lowest BCUT2D eigenvalue weighted by Gasteiger charge is -2.33. The summed E-state index contributed by atoms with van der Waals surface area (Å²) in [5, 5.41) is 6.66. The second-order valence-electron chi connectivity index (χ2n) is 7.90. The number of hydrogen-bond donors (Lipinski definition) is 2. The van der Waals surface area contributed by atoms with Gasteiger partial charge in [-0.3, -0.25) is 9.89 Å². The number of benzene rings is 2. The fraction of sp³-hybridized carbons (Fsp3) is 0.458. The molecule has 0 amide bonds. The third-order valence-electron chi connectivity index (χ3n) is 5.74. The van der Waals surface area contributed by atoms with Crippen molar-refractivity contribution in [3.05, 3.63) is 59.2 Å². The fourth-order valence-corrected chi connectivity index (χ4v) is 3.84. The second kappa shape index (κ2) is 13.5. The van der Waals surface area contributed by atoms with Crippen LogP contribution in [0.25, 0.3) is 0 Å². The van der Waals surface area contributed by atoms with Gasteiger partial charge in [-0.1, -0.05) is 24.3 Å². The van der Waals surface area contributed by atoms with E-state index in [4.69, 9.17) is 4.74 Å². The van der Waals surface area contributed by atoms with E-state index in [0.717, 1.165) is 32.5 Å². The lowest BCUT2D eigenvalue weighted by Crippen LogP contribution is -2.48. The number of nitrogens with one attached hydrogen (secondary N) is 2. The molecule has 0 aromatic heterocycles. The standard InChI is InChI=1S/C24H32F2N4O2.HI/c1-17-6-4-5-7-19(17)16-30-12-10-20(11-13-30)29-24(27-2)28-15-18-8-9-21(31-3)14-22(18)32-23(25)26;/h4-9,14,20,23H,10-13,15-16H2,1-3H3,(H2,27,28,29);1H. The summed E-state index contributed by atoms with van der Waals surface area (Å²) in [5.74, 6) is 1.19. The minimum Gasteiger partial charge on any atom is -0.497 e. The lowest BCUT2D eigenvalue weighted by molar-refractivity contribution is -0.0505. The molecule has 0 spiro atoms. The molecule has 1 heterocycles. The number of likely N-dealkylation sites (tertiary alicyclic amines) is 1. The first-order valence-corrected chi connectivity index (χ1v) is 10.8. The zero-order valence-corrected chi connectivity index (χ0v) is 21.6. The number of methoxy groups -OCH3 is 1. The van der Waals surface area contributed by atoms with E-state index < -0.39 is 6.61 Å². The molecule has 2 N–H and O–H groups in total. The number of alkyl halides is 2. The Morgan fingerprint density at radius 1 is 1.15 bits per heavy atom. The average Bonchev–Trinajstić information content (AvgIpc) is 2.79.